The van der Waals surface area contributed by atoms with Gasteiger partial charge in [0.2, 0.25) is 5.90 Å². The first-order chi connectivity index (χ1) is 13.4. The van der Waals surface area contributed by atoms with Gasteiger partial charge in [-0.3, -0.25) is 0 Å². The maximum absolute atomic E-state index is 13.7. The van der Waals surface area contributed by atoms with Crippen molar-refractivity contribution in [1.29, 1.82) is 0 Å². The summed E-state index contributed by atoms with van der Waals surface area (Å²) >= 11 is 0. The molecule has 144 valence electrons. The van der Waals surface area contributed by atoms with Crippen molar-refractivity contribution in [3.8, 4) is 11.1 Å². The number of rotatable bonds is 4. The minimum Gasteiger partial charge on any atom is -0.391 e. The molecule has 28 heavy (non-hydrogen) atoms. The van der Waals surface area contributed by atoms with Crippen LogP contribution < -0.4 is 5.90 Å². The second kappa shape index (κ2) is 8.27. The number of halogens is 3. The molecule has 0 heterocycles. The van der Waals surface area contributed by atoms with E-state index in [1.165, 1.54) is 12.1 Å². The molecule has 0 bridgehead atoms. The van der Waals surface area contributed by atoms with Crippen LogP contribution in [0.5, 0.6) is 0 Å². The molecule has 2 N–H and O–H groups in total. The van der Waals surface area contributed by atoms with Gasteiger partial charge in [-0.05, 0) is 35.7 Å². The van der Waals surface area contributed by atoms with Crippen LogP contribution in [0.1, 0.15) is 22.3 Å². The molecule has 0 saturated heterocycles. The Morgan fingerprint density at radius 1 is 0.964 bits per heavy atom. The lowest BCUT2D eigenvalue weighted by molar-refractivity contribution is -0.137. The van der Waals surface area contributed by atoms with E-state index in [4.69, 9.17) is 10.7 Å². The van der Waals surface area contributed by atoms with Crippen molar-refractivity contribution in [3.63, 3.8) is 0 Å². The monoisotopic (exact) mass is 384 g/mol. The fourth-order valence-corrected chi connectivity index (χ4v) is 2.83. The topological polar surface area (TPSA) is 47.6 Å². The van der Waals surface area contributed by atoms with Crippen molar-refractivity contribution in [2.75, 3.05) is 0 Å². The maximum Gasteiger partial charge on any atom is 0.417 e. The highest BCUT2D eigenvalue weighted by Crippen LogP contribution is 2.37. The lowest BCUT2D eigenvalue weighted by Crippen LogP contribution is -2.15. The van der Waals surface area contributed by atoms with Gasteiger partial charge in [0, 0.05) is 5.56 Å². The molecule has 3 aromatic rings. The summed E-state index contributed by atoms with van der Waals surface area (Å²) in [6.07, 6.45) is -4.53. The quantitative estimate of drug-likeness (QED) is 0.366. The number of hydrogen-bond acceptors (Lipinski definition) is 3. The highest BCUT2D eigenvalue weighted by atomic mass is 19.4. The number of alkyl halides is 3. The Labute approximate surface area is 161 Å². The van der Waals surface area contributed by atoms with E-state index < -0.39 is 11.7 Å². The lowest BCUT2D eigenvalue weighted by atomic mass is 9.97. The van der Waals surface area contributed by atoms with E-state index in [1.807, 2.05) is 31.2 Å². The summed E-state index contributed by atoms with van der Waals surface area (Å²) in [6, 6.07) is 20.0. The van der Waals surface area contributed by atoms with E-state index >= 15 is 0 Å². The van der Waals surface area contributed by atoms with Gasteiger partial charge in [-0.2, -0.15) is 19.1 Å². The molecule has 0 aromatic heterocycles. The Balaban J connectivity index is 1.98. The predicted octanol–water partition coefficient (Wildman–Crippen LogP) is 5.52. The van der Waals surface area contributed by atoms with Crippen LogP contribution in [0, 0.1) is 6.92 Å². The smallest absolute Gasteiger partial charge is 0.391 e. The van der Waals surface area contributed by atoms with Crippen LogP contribution in [-0.4, -0.2) is 5.90 Å². The average Bonchev–Trinajstić information content (AvgIpc) is 2.70. The standard InChI is InChI=1S/C22H19F3N2O/c1-15-7-9-16(10-8-15)14-27-21(28-26)18-11-12-19(17-5-3-2-4-6-17)20(13-18)22(23,24)25/h2-13H,14,26H2,1H3. The van der Waals surface area contributed by atoms with Gasteiger partial charge in [-0.15, -0.1) is 0 Å². The van der Waals surface area contributed by atoms with Gasteiger partial charge in [0.25, 0.3) is 0 Å². The molecule has 0 fully saturated rings. The molecular weight excluding hydrogens is 365 g/mol. The Morgan fingerprint density at radius 2 is 1.64 bits per heavy atom. The van der Waals surface area contributed by atoms with Crippen LogP contribution >= 0.6 is 0 Å². The Bertz CT molecular complexity index is 965. The van der Waals surface area contributed by atoms with Crippen molar-refractivity contribution >= 4 is 5.90 Å². The molecular formula is C22H19F3N2O. The fourth-order valence-electron chi connectivity index (χ4n) is 2.83. The van der Waals surface area contributed by atoms with Crippen LogP contribution in [0.4, 0.5) is 13.2 Å². The van der Waals surface area contributed by atoms with Gasteiger partial charge in [0.05, 0.1) is 12.1 Å². The zero-order chi connectivity index (χ0) is 20.1. The Morgan fingerprint density at radius 3 is 2.25 bits per heavy atom. The van der Waals surface area contributed by atoms with Crippen molar-refractivity contribution in [1.82, 2.24) is 0 Å². The van der Waals surface area contributed by atoms with E-state index in [2.05, 4.69) is 4.99 Å². The summed E-state index contributed by atoms with van der Waals surface area (Å²) < 4.78 is 41.0. The van der Waals surface area contributed by atoms with Gasteiger partial charge >= 0.3 is 6.18 Å². The zero-order valence-corrected chi connectivity index (χ0v) is 15.2. The number of aryl methyl sites for hydroxylation is 1. The third-order valence-corrected chi connectivity index (χ3v) is 4.29. The molecule has 3 rings (SSSR count). The largest absolute Gasteiger partial charge is 0.417 e. The Kier molecular flexibility index (Phi) is 5.80. The van der Waals surface area contributed by atoms with Gasteiger partial charge in [0.15, 0.2) is 0 Å². The number of benzene rings is 3. The molecule has 0 aliphatic heterocycles. The van der Waals surface area contributed by atoms with Crippen LogP contribution in [-0.2, 0) is 17.6 Å². The summed E-state index contributed by atoms with van der Waals surface area (Å²) in [5.41, 5.74) is 1.98. The molecule has 0 unspecified atom stereocenters. The Hall–Kier alpha value is -3.12. The minimum absolute atomic E-state index is 0.0503. The van der Waals surface area contributed by atoms with Gasteiger partial charge < -0.3 is 4.84 Å². The molecule has 0 atom stereocenters. The van der Waals surface area contributed by atoms with E-state index in [0.29, 0.717) is 5.56 Å². The van der Waals surface area contributed by atoms with Gasteiger partial charge in [-0.1, -0.05) is 66.2 Å². The van der Waals surface area contributed by atoms with Crippen molar-refractivity contribution in [2.24, 2.45) is 10.9 Å². The fraction of sp³-hybridized carbons (Fsp3) is 0.136. The number of aliphatic imine (C=N–C) groups is 1. The van der Waals surface area contributed by atoms with Gasteiger partial charge in [-0.25, -0.2) is 4.99 Å². The minimum atomic E-state index is -4.53. The first kappa shape index (κ1) is 19.6. The SMILES string of the molecule is Cc1ccc(CN=C(ON)c2ccc(-c3ccccc3)c(C(F)(F)F)c2)cc1. The predicted molar refractivity (Wildman–Crippen MR) is 104 cm³/mol. The molecule has 6 heteroatoms. The first-order valence-corrected chi connectivity index (χ1v) is 8.62. The molecule has 0 aliphatic carbocycles. The highest BCUT2D eigenvalue weighted by molar-refractivity contribution is 5.95. The maximum atomic E-state index is 13.7. The van der Waals surface area contributed by atoms with Gasteiger partial charge in [0.1, 0.15) is 0 Å². The van der Waals surface area contributed by atoms with Crippen LogP contribution in [0.25, 0.3) is 11.1 Å². The lowest BCUT2D eigenvalue weighted by Gasteiger charge is -2.15. The molecule has 0 radical (unpaired) electrons. The highest BCUT2D eigenvalue weighted by Gasteiger charge is 2.34. The van der Waals surface area contributed by atoms with Crippen LogP contribution in [0.2, 0.25) is 0 Å². The molecule has 3 nitrogen and oxygen atoms in total. The number of nitrogens with zero attached hydrogens (tertiary/aromatic N) is 1. The molecule has 0 spiro atoms. The summed E-state index contributed by atoms with van der Waals surface area (Å²) in [6.45, 7) is 2.21. The third-order valence-electron chi connectivity index (χ3n) is 4.29. The summed E-state index contributed by atoms with van der Waals surface area (Å²) in [4.78, 5) is 9.02. The number of hydrogen-bond donors (Lipinski definition) is 1. The molecule has 0 aliphatic rings. The van der Waals surface area contributed by atoms with E-state index in [9.17, 15) is 13.2 Å². The van der Waals surface area contributed by atoms with E-state index in [-0.39, 0.29) is 23.6 Å². The normalized spacial score (nSPS) is 12.1. The second-order valence-corrected chi connectivity index (χ2v) is 6.35. The average molecular weight is 384 g/mol. The van der Waals surface area contributed by atoms with E-state index in [1.54, 1.807) is 30.3 Å². The molecule has 0 amide bonds. The van der Waals surface area contributed by atoms with Crippen molar-refractivity contribution in [3.05, 3.63) is 95.1 Å². The zero-order valence-electron chi connectivity index (χ0n) is 15.2. The third kappa shape index (κ3) is 4.58. The van der Waals surface area contributed by atoms with E-state index in [0.717, 1.165) is 17.2 Å². The van der Waals surface area contributed by atoms with Crippen LogP contribution in [0.3, 0.4) is 0 Å². The number of nitrogens with two attached hydrogens (primary N) is 1. The van der Waals surface area contributed by atoms with Crippen molar-refractivity contribution in [2.45, 2.75) is 19.6 Å². The summed E-state index contributed by atoms with van der Waals surface area (Å²) in [5, 5.41) is 0. The first-order valence-electron chi connectivity index (χ1n) is 8.62. The summed E-state index contributed by atoms with van der Waals surface area (Å²) in [5.74, 6) is 5.24. The molecule has 0 saturated carbocycles. The van der Waals surface area contributed by atoms with Crippen molar-refractivity contribution < 1.29 is 18.0 Å². The second-order valence-electron chi connectivity index (χ2n) is 6.35. The molecule has 3 aromatic carbocycles. The van der Waals surface area contributed by atoms with Crippen LogP contribution in [0.15, 0.2) is 77.8 Å². The summed E-state index contributed by atoms with van der Waals surface area (Å²) in [7, 11) is 0.